The Kier molecular flexibility index (Phi) is 6.92. The molecule has 0 fully saturated rings. The van der Waals surface area contributed by atoms with Gasteiger partial charge in [0.1, 0.15) is 17.1 Å². The van der Waals surface area contributed by atoms with Crippen LogP contribution in [0.1, 0.15) is 33.9 Å². The number of benzene rings is 4. The van der Waals surface area contributed by atoms with Crippen molar-refractivity contribution in [3.63, 3.8) is 0 Å². The number of carboxylic acids is 1. The average Bonchev–Trinajstić information content (AvgIpc) is 3.47. The van der Waals surface area contributed by atoms with Gasteiger partial charge < -0.3 is 9.84 Å². The highest BCUT2D eigenvalue weighted by molar-refractivity contribution is 6.00. The molecule has 0 saturated carbocycles. The van der Waals surface area contributed by atoms with E-state index in [2.05, 4.69) is 5.10 Å². The van der Waals surface area contributed by atoms with Crippen LogP contribution in [0.4, 0.5) is 5.69 Å². The Labute approximate surface area is 241 Å². The van der Waals surface area contributed by atoms with Crippen LogP contribution >= 0.6 is 0 Å². The molecule has 9 nitrogen and oxygen atoms in total. The standard InChI is InChI=1S/C33H28N4O5/c1-21-31(22(2)36(34-21)28-17-7-8-18-29(28)37(40)41)35-27-16-6-5-14-25(27)26(32(35)33(38)39)15-10-20-42-30-19-9-12-23-11-3-4-13-24(23)30/h3-9,11-14,16-19H,10,15,20H2,1-2H3,(H,38,39). The number of aryl methyl sites for hydroxylation is 2. The van der Waals surface area contributed by atoms with Crippen LogP contribution in [0.2, 0.25) is 0 Å². The van der Waals surface area contributed by atoms with Gasteiger partial charge in [-0.1, -0.05) is 66.7 Å². The van der Waals surface area contributed by atoms with E-state index in [1.807, 2.05) is 66.7 Å². The highest BCUT2D eigenvalue weighted by atomic mass is 16.6. The van der Waals surface area contributed by atoms with Gasteiger partial charge in [0.05, 0.1) is 34.1 Å². The Balaban J connectivity index is 1.39. The Hall–Kier alpha value is -5.44. The van der Waals surface area contributed by atoms with Crippen LogP contribution in [0.15, 0.2) is 91.0 Å². The van der Waals surface area contributed by atoms with Crippen LogP contribution in [0, 0.1) is 24.0 Å². The minimum atomic E-state index is -1.06. The second kappa shape index (κ2) is 10.9. The molecule has 0 aliphatic rings. The Morgan fingerprint density at radius 3 is 2.40 bits per heavy atom. The first kappa shape index (κ1) is 26.8. The molecule has 0 unspecified atom stereocenters. The number of rotatable bonds is 9. The molecule has 0 atom stereocenters. The molecule has 9 heteroatoms. The van der Waals surface area contributed by atoms with E-state index in [0.717, 1.165) is 27.4 Å². The van der Waals surface area contributed by atoms with Crippen molar-refractivity contribution < 1.29 is 19.6 Å². The topological polar surface area (TPSA) is 112 Å². The largest absolute Gasteiger partial charge is 0.493 e. The van der Waals surface area contributed by atoms with E-state index < -0.39 is 10.9 Å². The molecule has 4 aromatic carbocycles. The molecule has 42 heavy (non-hydrogen) atoms. The summed E-state index contributed by atoms with van der Waals surface area (Å²) in [6.45, 7) is 4.00. The molecule has 0 radical (unpaired) electrons. The van der Waals surface area contributed by atoms with Gasteiger partial charge in [-0.2, -0.15) is 5.10 Å². The highest BCUT2D eigenvalue weighted by Crippen LogP contribution is 2.35. The van der Waals surface area contributed by atoms with E-state index in [1.54, 1.807) is 36.6 Å². The third kappa shape index (κ3) is 4.54. The zero-order valence-corrected chi connectivity index (χ0v) is 23.2. The van der Waals surface area contributed by atoms with Crippen LogP contribution in [0.5, 0.6) is 5.75 Å². The molecule has 6 rings (SSSR count). The lowest BCUT2D eigenvalue weighted by atomic mass is 10.1. The van der Waals surface area contributed by atoms with E-state index >= 15 is 0 Å². The van der Waals surface area contributed by atoms with E-state index in [0.29, 0.717) is 47.8 Å². The molecule has 0 aliphatic heterocycles. The predicted molar refractivity (Wildman–Crippen MR) is 161 cm³/mol. The smallest absolute Gasteiger partial charge is 0.353 e. The van der Waals surface area contributed by atoms with Gasteiger partial charge in [-0.3, -0.25) is 14.7 Å². The summed E-state index contributed by atoms with van der Waals surface area (Å²) in [7, 11) is 0. The first-order valence-corrected chi connectivity index (χ1v) is 13.6. The number of fused-ring (bicyclic) bond motifs is 2. The van der Waals surface area contributed by atoms with Gasteiger partial charge in [-0.05, 0) is 55.8 Å². The van der Waals surface area contributed by atoms with Crippen molar-refractivity contribution in [3.8, 4) is 17.1 Å². The fraction of sp³-hybridized carbons (Fsp3) is 0.152. The molecule has 0 bridgehead atoms. The number of hydrogen-bond donors (Lipinski definition) is 1. The van der Waals surface area contributed by atoms with Crippen molar-refractivity contribution in [2.75, 3.05) is 6.61 Å². The monoisotopic (exact) mass is 560 g/mol. The van der Waals surface area contributed by atoms with E-state index in [-0.39, 0.29) is 11.4 Å². The van der Waals surface area contributed by atoms with Crippen molar-refractivity contribution in [3.05, 3.63) is 124 Å². The predicted octanol–water partition coefficient (Wildman–Crippen LogP) is 7.20. The molecular weight excluding hydrogens is 532 g/mol. The SMILES string of the molecule is Cc1nn(-c2ccccc2[N+](=O)[O-])c(C)c1-n1c(C(=O)O)c(CCCOc2cccc3ccccc23)c2ccccc21. The summed E-state index contributed by atoms with van der Waals surface area (Å²) in [4.78, 5) is 24.2. The van der Waals surface area contributed by atoms with E-state index in [1.165, 1.54) is 10.7 Å². The number of para-hydroxylation sites is 3. The van der Waals surface area contributed by atoms with Crippen molar-refractivity contribution in [2.24, 2.45) is 0 Å². The summed E-state index contributed by atoms with van der Waals surface area (Å²) >= 11 is 0. The Morgan fingerprint density at radius 2 is 1.62 bits per heavy atom. The van der Waals surface area contributed by atoms with Crippen LogP contribution in [0.3, 0.4) is 0 Å². The van der Waals surface area contributed by atoms with Gasteiger partial charge in [0.2, 0.25) is 0 Å². The summed E-state index contributed by atoms with van der Waals surface area (Å²) in [5.74, 6) is -0.268. The molecule has 0 amide bonds. The van der Waals surface area contributed by atoms with Crippen LogP contribution < -0.4 is 4.74 Å². The average molecular weight is 561 g/mol. The number of aromatic carboxylic acids is 1. The van der Waals surface area contributed by atoms with E-state index in [9.17, 15) is 20.0 Å². The maximum atomic E-state index is 12.9. The molecular formula is C33H28N4O5. The van der Waals surface area contributed by atoms with Crippen LogP contribution in [-0.2, 0) is 6.42 Å². The highest BCUT2D eigenvalue weighted by Gasteiger charge is 2.28. The second-order valence-electron chi connectivity index (χ2n) is 10.1. The Bertz CT molecular complexity index is 1980. The van der Waals surface area contributed by atoms with Gasteiger partial charge in [-0.25, -0.2) is 9.48 Å². The fourth-order valence-corrected chi connectivity index (χ4v) is 5.76. The molecule has 1 N–H and O–H groups in total. The van der Waals surface area contributed by atoms with Gasteiger partial charge >= 0.3 is 5.97 Å². The molecule has 0 saturated heterocycles. The third-order valence-electron chi connectivity index (χ3n) is 7.54. The number of carbonyl (C=O) groups is 1. The number of ether oxygens (including phenoxy) is 1. The normalized spacial score (nSPS) is 11.3. The fourth-order valence-electron chi connectivity index (χ4n) is 5.76. The number of hydrogen-bond acceptors (Lipinski definition) is 5. The third-order valence-corrected chi connectivity index (χ3v) is 7.54. The lowest BCUT2D eigenvalue weighted by molar-refractivity contribution is -0.384. The van der Waals surface area contributed by atoms with Crippen LogP contribution in [0.25, 0.3) is 33.1 Å². The zero-order valence-electron chi connectivity index (χ0n) is 23.2. The number of carboxylic acid groups (broad SMARTS) is 1. The summed E-state index contributed by atoms with van der Waals surface area (Å²) in [6.07, 6.45) is 1.08. The maximum absolute atomic E-state index is 12.9. The lowest BCUT2D eigenvalue weighted by Crippen LogP contribution is -2.11. The first-order chi connectivity index (χ1) is 20.4. The summed E-state index contributed by atoms with van der Waals surface area (Å²) in [6, 6.07) is 27.9. The molecule has 2 aromatic heterocycles. The molecule has 210 valence electrons. The maximum Gasteiger partial charge on any atom is 0.353 e. The van der Waals surface area contributed by atoms with Crippen molar-refractivity contribution in [2.45, 2.75) is 26.7 Å². The summed E-state index contributed by atoms with van der Waals surface area (Å²) < 4.78 is 9.38. The number of nitro groups is 1. The van der Waals surface area contributed by atoms with E-state index in [4.69, 9.17) is 4.74 Å². The zero-order chi connectivity index (χ0) is 29.4. The van der Waals surface area contributed by atoms with Gasteiger partial charge in [0, 0.05) is 16.8 Å². The summed E-state index contributed by atoms with van der Waals surface area (Å²) in [5.41, 5.74) is 3.54. The number of nitro benzene ring substituents is 1. The second-order valence-corrected chi connectivity index (χ2v) is 10.1. The lowest BCUT2D eigenvalue weighted by Gasteiger charge is -2.11. The first-order valence-electron chi connectivity index (χ1n) is 13.6. The minimum Gasteiger partial charge on any atom is -0.493 e. The minimum absolute atomic E-state index is 0.0858. The molecule has 6 aromatic rings. The van der Waals surface area contributed by atoms with Crippen molar-refractivity contribution in [1.82, 2.24) is 14.3 Å². The number of nitrogens with zero attached hydrogens (tertiary/aromatic N) is 4. The molecule has 2 heterocycles. The summed E-state index contributed by atoms with van der Waals surface area (Å²) in [5, 5.41) is 29.8. The molecule has 0 aliphatic carbocycles. The van der Waals surface area contributed by atoms with Gasteiger partial charge in [0.25, 0.3) is 5.69 Å². The van der Waals surface area contributed by atoms with Crippen molar-refractivity contribution >= 4 is 33.3 Å². The molecule has 0 spiro atoms. The Morgan fingerprint density at radius 1 is 0.929 bits per heavy atom. The van der Waals surface area contributed by atoms with Crippen molar-refractivity contribution in [1.29, 1.82) is 0 Å². The quantitative estimate of drug-likeness (QED) is 0.114. The van der Waals surface area contributed by atoms with Gasteiger partial charge in [-0.15, -0.1) is 0 Å². The van der Waals surface area contributed by atoms with Gasteiger partial charge in [0.15, 0.2) is 0 Å². The van der Waals surface area contributed by atoms with Crippen LogP contribution in [-0.4, -0.2) is 37.0 Å². The number of aromatic nitrogens is 3.